The Labute approximate surface area is 82.9 Å². The lowest BCUT2D eigenvalue weighted by molar-refractivity contribution is 0.264. The zero-order chi connectivity index (χ0) is 10.7. The third-order valence-electron chi connectivity index (χ3n) is 2.12. The molecule has 4 nitrogen and oxygen atoms in total. The highest BCUT2D eigenvalue weighted by Crippen LogP contribution is 2.31. The lowest BCUT2D eigenvalue weighted by Gasteiger charge is -2.16. The fourth-order valence-corrected chi connectivity index (χ4v) is 1.48. The summed E-state index contributed by atoms with van der Waals surface area (Å²) in [6.45, 7) is 1.66. The first-order valence-corrected chi connectivity index (χ1v) is 4.34. The first-order valence-electron chi connectivity index (χ1n) is 4.34. The Morgan fingerprint density at radius 1 is 1.50 bits per heavy atom. The van der Waals surface area contributed by atoms with E-state index < -0.39 is 6.04 Å². The zero-order valence-corrected chi connectivity index (χ0v) is 8.32. The molecule has 0 radical (unpaired) electrons. The van der Waals surface area contributed by atoms with Crippen molar-refractivity contribution < 1.29 is 14.9 Å². The van der Waals surface area contributed by atoms with Crippen LogP contribution in [0.4, 0.5) is 0 Å². The second kappa shape index (κ2) is 4.30. The standard InChI is InChI=1S/C10H15NO3/c1-6-3-7(13)4-9(14-2)10(6)8(11)5-12/h3-4,8,12-13H,5,11H2,1-2H3. The molecule has 0 aliphatic carbocycles. The van der Waals surface area contributed by atoms with E-state index in [0.29, 0.717) is 5.75 Å². The molecule has 0 aromatic heterocycles. The summed E-state index contributed by atoms with van der Waals surface area (Å²) in [5.74, 6) is 0.636. The smallest absolute Gasteiger partial charge is 0.127 e. The van der Waals surface area contributed by atoms with Crippen LogP contribution < -0.4 is 10.5 Å². The van der Waals surface area contributed by atoms with E-state index >= 15 is 0 Å². The molecular weight excluding hydrogens is 182 g/mol. The first kappa shape index (κ1) is 10.8. The SMILES string of the molecule is COc1cc(O)cc(C)c1C(N)CO. The quantitative estimate of drug-likeness (QED) is 0.666. The van der Waals surface area contributed by atoms with Crippen LogP contribution in [0, 0.1) is 6.92 Å². The highest BCUT2D eigenvalue weighted by Gasteiger charge is 2.14. The molecule has 0 amide bonds. The van der Waals surface area contributed by atoms with Gasteiger partial charge in [0, 0.05) is 11.6 Å². The summed E-state index contributed by atoms with van der Waals surface area (Å²) in [6.07, 6.45) is 0. The summed E-state index contributed by atoms with van der Waals surface area (Å²) >= 11 is 0. The number of aliphatic hydroxyl groups is 1. The number of nitrogens with two attached hydrogens (primary N) is 1. The number of phenolic OH excluding ortho intramolecular Hbond substituents is 1. The Balaban J connectivity index is 3.24. The molecule has 1 atom stereocenters. The van der Waals surface area contributed by atoms with Crippen molar-refractivity contribution in [1.82, 2.24) is 0 Å². The number of phenols is 1. The molecule has 1 unspecified atom stereocenters. The first-order chi connectivity index (χ1) is 6.60. The number of aryl methyl sites for hydroxylation is 1. The third-order valence-corrected chi connectivity index (χ3v) is 2.12. The van der Waals surface area contributed by atoms with Gasteiger partial charge in [-0.25, -0.2) is 0 Å². The Morgan fingerprint density at radius 3 is 2.64 bits per heavy atom. The molecular formula is C10H15NO3. The molecule has 1 rings (SSSR count). The predicted octanol–water partition coefficient (Wildman–Crippen LogP) is 0.701. The molecule has 0 heterocycles. The van der Waals surface area contributed by atoms with Crippen LogP contribution in [0.25, 0.3) is 0 Å². The van der Waals surface area contributed by atoms with Gasteiger partial charge < -0.3 is 20.7 Å². The van der Waals surface area contributed by atoms with Gasteiger partial charge in [-0.1, -0.05) is 0 Å². The molecule has 0 spiro atoms. The highest BCUT2D eigenvalue weighted by molar-refractivity contribution is 5.47. The number of benzene rings is 1. The molecule has 0 saturated carbocycles. The summed E-state index contributed by atoms with van der Waals surface area (Å²) in [4.78, 5) is 0. The molecule has 0 bridgehead atoms. The second-order valence-corrected chi connectivity index (χ2v) is 3.17. The van der Waals surface area contributed by atoms with E-state index in [4.69, 9.17) is 15.6 Å². The van der Waals surface area contributed by atoms with Gasteiger partial charge in [0.25, 0.3) is 0 Å². The Morgan fingerprint density at radius 2 is 2.14 bits per heavy atom. The van der Waals surface area contributed by atoms with Crippen LogP contribution >= 0.6 is 0 Å². The predicted molar refractivity (Wildman–Crippen MR) is 53.4 cm³/mol. The molecule has 1 aromatic rings. The maximum absolute atomic E-state index is 9.32. The summed E-state index contributed by atoms with van der Waals surface area (Å²) in [7, 11) is 1.50. The number of aromatic hydroxyl groups is 1. The van der Waals surface area contributed by atoms with Crippen molar-refractivity contribution in [2.75, 3.05) is 13.7 Å². The molecule has 4 heteroatoms. The van der Waals surface area contributed by atoms with Crippen molar-refractivity contribution in [3.8, 4) is 11.5 Å². The zero-order valence-electron chi connectivity index (χ0n) is 8.32. The van der Waals surface area contributed by atoms with Crippen LogP contribution in [0.15, 0.2) is 12.1 Å². The number of hydrogen-bond acceptors (Lipinski definition) is 4. The molecule has 78 valence electrons. The highest BCUT2D eigenvalue weighted by atomic mass is 16.5. The summed E-state index contributed by atoms with van der Waals surface area (Å²) in [5.41, 5.74) is 7.25. The van der Waals surface area contributed by atoms with E-state index in [2.05, 4.69) is 0 Å². The number of ether oxygens (including phenoxy) is 1. The molecule has 4 N–H and O–H groups in total. The minimum atomic E-state index is -0.481. The third kappa shape index (κ3) is 1.97. The Kier molecular flexibility index (Phi) is 3.33. The van der Waals surface area contributed by atoms with E-state index in [1.165, 1.54) is 13.2 Å². The van der Waals surface area contributed by atoms with Gasteiger partial charge in [0.1, 0.15) is 11.5 Å². The van der Waals surface area contributed by atoms with Gasteiger partial charge in [-0.2, -0.15) is 0 Å². The largest absolute Gasteiger partial charge is 0.508 e. The molecule has 14 heavy (non-hydrogen) atoms. The maximum atomic E-state index is 9.32. The van der Waals surface area contributed by atoms with Gasteiger partial charge in [0.05, 0.1) is 19.8 Å². The van der Waals surface area contributed by atoms with Crippen molar-refractivity contribution in [2.24, 2.45) is 5.73 Å². The normalized spacial score (nSPS) is 12.6. The van der Waals surface area contributed by atoms with E-state index in [1.54, 1.807) is 6.07 Å². The lowest BCUT2D eigenvalue weighted by Crippen LogP contribution is -2.16. The van der Waals surface area contributed by atoms with Crippen LogP contribution in [0.1, 0.15) is 17.2 Å². The van der Waals surface area contributed by atoms with Crippen LogP contribution in [0.5, 0.6) is 11.5 Å². The topological polar surface area (TPSA) is 75.7 Å². The van der Waals surface area contributed by atoms with Crippen LogP contribution in [0.3, 0.4) is 0 Å². The van der Waals surface area contributed by atoms with Gasteiger partial charge in [0.15, 0.2) is 0 Å². The minimum absolute atomic E-state index is 0.133. The molecule has 0 aliphatic rings. The van der Waals surface area contributed by atoms with Gasteiger partial charge in [-0.05, 0) is 18.6 Å². The summed E-state index contributed by atoms with van der Waals surface area (Å²) < 4.78 is 5.08. The van der Waals surface area contributed by atoms with E-state index in [-0.39, 0.29) is 12.4 Å². The maximum Gasteiger partial charge on any atom is 0.127 e. The number of methoxy groups -OCH3 is 1. The van der Waals surface area contributed by atoms with E-state index in [0.717, 1.165) is 11.1 Å². The number of hydrogen-bond donors (Lipinski definition) is 3. The molecule has 0 aliphatic heterocycles. The van der Waals surface area contributed by atoms with Crippen molar-refractivity contribution in [1.29, 1.82) is 0 Å². The monoisotopic (exact) mass is 197 g/mol. The summed E-state index contributed by atoms with van der Waals surface area (Å²) in [5, 5.41) is 18.3. The second-order valence-electron chi connectivity index (χ2n) is 3.17. The van der Waals surface area contributed by atoms with Gasteiger partial charge >= 0.3 is 0 Å². The molecule has 0 fully saturated rings. The van der Waals surface area contributed by atoms with Crippen molar-refractivity contribution >= 4 is 0 Å². The average molecular weight is 197 g/mol. The Bertz CT molecular complexity index is 325. The van der Waals surface area contributed by atoms with Gasteiger partial charge in [-0.3, -0.25) is 0 Å². The van der Waals surface area contributed by atoms with Crippen LogP contribution in [-0.4, -0.2) is 23.9 Å². The molecule has 1 aromatic carbocycles. The van der Waals surface area contributed by atoms with Crippen LogP contribution in [-0.2, 0) is 0 Å². The Hall–Kier alpha value is -1.26. The summed E-state index contributed by atoms with van der Waals surface area (Å²) in [6, 6.07) is 2.59. The van der Waals surface area contributed by atoms with Crippen LogP contribution in [0.2, 0.25) is 0 Å². The fourth-order valence-electron chi connectivity index (χ4n) is 1.48. The fraction of sp³-hybridized carbons (Fsp3) is 0.400. The lowest BCUT2D eigenvalue weighted by atomic mass is 10.0. The number of aliphatic hydroxyl groups excluding tert-OH is 1. The van der Waals surface area contributed by atoms with Gasteiger partial charge in [-0.15, -0.1) is 0 Å². The van der Waals surface area contributed by atoms with Gasteiger partial charge in [0.2, 0.25) is 0 Å². The van der Waals surface area contributed by atoms with Crippen molar-refractivity contribution in [3.05, 3.63) is 23.3 Å². The van der Waals surface area contributed by atoms with E-state index in [9.17, 15) is 5.11 Å². The van der Waals surface area contributed by atoms with Crippen molar-refractivity contribution in [3.63, 3.8) is 0 Å². The molecule has 0 saturated heterocycles. The average Bonchev–Trinajstić information content (AvgIpc) is 2.15. The van der Waals surface area contributed by atoms with Crippen molar-refractivity contribution in [2.45, 2.75) is 13.0 Å². The number of rotatable bonds is 3. The van der Waals surface area contributed by atoms with E-state index in [1.807, 2.05) is 6.92 Å². The minimum Gasteiger partial charge on any atom is -0.508 e.